The van der Waals surface area contributed by atoms with E-state index < -0.39 is 17.5 Å². The molecule has 0 saturated heterocycles. The first-order valence-electron chi connectivity index (χ1n) is 5.18. The molecule has 1 nitrogen and oxygen atoms in total. The molecular formula is C13H10F3NS. The van der Waals surface area contributed by atoms with E-state index >= 15 is 0 Å². The Labute approximate surface area is 107 Å². The number of hydrogen-bond acceptors (Lipinski definition) is 2. The lowest BCUT2D eigenvalue weighted by atomic mass is 10.2. The van der Waals surface area contributed by atoms with Gasteiger partial charge in [0.15, 0.2) is 0 Å². The lowest BCUT2D eigenvalue weighted by Crippen LogP contribution is -1.92. The summed E-state index contributed by atoms with van der Waals surface area (Å²) in [6.45, 7) is 0. The van der Waals surface area contributed by atoms with Crippen LogP contribution in [0.5, 0.6) is 0 Å². The number of thioether (sulfide) groups is 1. The Bertz CT molecular complexity index is 572. The first-order valence-corrected chi connectivity index (χ1v) is 6.16. The summed E-state index contributed by atoms with van der Waals surface area (Å²) in [5.41, 5.74) is 6.12. The van der Waals surface area contributed by atoms with Crippen molar-refractivity contribution < 1.29 is 13.2 Å². The highest BCUT2D eigenvalue weighted by Gasteiger charge is 2.06. The third kappa shape index (κ3) is 2.98. The summed E-state index contributed by atoms with van der Waals surface area (Å²) in [6.07, 6.45) is 0. The maximum atomic E-state index is 13.3. The number of rotatable bonds is 3. The van der Waals surface area contributed by atoms with Crippen LogP contribution in [-0.4, -0.2) is 0 Å². The second kappa shape index (κ2) is 5.35. The van der Waals surface area contributed by atoms with Crippen LogP contribution in [0.1, 0.15) is 5.56 Å². The largest absolute Gasteiger partial charge is 0.396 e. The van der Waals surface area contributed by atoms with Gasteiger partial charge < -0.3 is 5.73 Å². The molecule has 5 heteroatoms. The van der Waals surface area contributed by atoms with Crippen LogP contribution in [0.2, 0.25) is 0 Å². The number of benzene rings is 2. The van der Waals surface area contributed by atoms with Gasteiger partial charge in [0, 0.05) is 16.7 Å². The molecule has 0 atom stereocenters. The van der Waals surface area contributed by atoms with Gasteiger partial charge in [-0.1, -0.05) is 6.07 Å². The molecule has 0 bridgehead atoms. The molecule has 2 rings (SSSR count). The van der Waals surface area contributed by atoms with Crippen LogP contribution in [0.15, 0.2) is 41.3 Å². The number of nitrogen functional groups attached to an aromatic ring is 1. The molecule has 0 spiro atoms. The standard InChI is InChI=1S/C13H10F3NS/c14-9-2-4-13(11(16)6-9)18-7-8-1-3-12(17)10(15)5-8/h1-6H,7,17H2. The van der Waals surface area contributed by atoms with Crippen LogP contribution < -0.4 is 5.73 Å². The van der Waals surface area contributed by atoms with Gasteiger partial charge in [-0.05, 0) is 29.8 Å². The molecule has 0 aromatic heterocycles. The number of nitrogens with two attached hydrogens (primary N) is 1. The zero-order valence-corrected chi connectivity index (χ0v) is 10.1. The monoisotopic (exact) mass is 269 g/mol. The van der Waals surface area contributed by atoms with Gasteiger partial charge in [0.25, 0.3) is 0 Å². The third-order valence-corrected chi connectivity index (χ3v) is 3.47. The quantitative estimate of drug-likeness (QED) is 0.673. The van der Waals surface area contributed by atoms with Gasteiger partial charge in [0.2, 0.25) is 0 Å². The Morgan fingerprint density at radius 3 is 2.39 bits per heavy atom. The molecule has 2 N–H and O–H groups in total. The van der Waals surface area contributed by atoms with E-state index in [1.807, 2.05) is 0 Å². The van der Waals surface area contributed by atoms with E-state index in [0.29, 0.717) is 16.2 Å². The van der Waals surface area contributed by atoms with Crippen molar-refractivity contribution in [2.75, 3.05) is 5.73 Å². The zero-order chi connectivity index (χ0) is 13.1. The van der Waals surface area contributed by atoms with E-state index in [9.17, 15) is 13.2 Å². The van der Waals surface area contributed by atoms with Gasteiger partial charge in [-0.2, -0.15) is 0 Å². The maximum absolute atomic E-state index is 13.3. The van der Waals surface area contributed by atoms with Crippen molar-refractivity contribution in [3.05, 3.63) is 59.4 Å². The van der Waals surface area contributed by atoms with E-state index in [0.717, 1.165) is 6.07 Å². The second-order valence-electron chi connectivity index (χ2n) is 3.72. The topological polar surface area (TPSA) is 26.0 Å². The van der Waals surface area contributed by atoms with Gasteiger partial charge in [0.1, 0.15) is 17.5 Å². The Morgan fingerprint density at radius 1 is 0.944 bits per heavy atom. The Hall–Kier alpha value is -1.62. The fourth-order valence-electron chi connectivity index (χ4n) is 1.41. The lowest BCUT2D eigenvalue weighted by molar-refractivity contribution is 0.565. The van der Waals surface area contributed by atoms with Crippen LogP contribution in [0.3, 0.4) is 0 Å². The Balaban J connectivity index is 2.09. The average molecular weight is 269 g/mol. The van der Waals surface area contributed by atoms with Crippen molar-refractivity contribution in [1.29, 1.82) is 0 Å². The number of hydrogen-bond donors (Lipinski definition) is 1. The summed E-state index contributed by atoms with van der Waals surface area (Å²) in [6, 6.07) is 7.83. The molecule has 94 valence electrons. The van der Waals surface area contributed by atoms with Crippen molar-refractivity contribution >= 4 is 17.4 Å². The summed E-state index contributed by atoms with van der Waals surface area (Å²) < 4.78 is 39.2. The molecule has 18 heavy (non-hydrogen) atoms. The first kappa shape index (κ1) is 12.8. The molecule has 0 fully saturated rings. The molecule has 2 aromatic carbocycles. The van der Waals surface area contributed by atoms with Crippen LogP contribution >= 0.6 is 11.8 Å². The van der Waals surface area contributed by atoms with E-state index in [1.165, 1.54) is 36.0 Å². The molecule has 0 unspecified atom stereocenters. The normalized spacial score (nSPS) is 10.6. The molecule has 0 heterocycles. The fourth-order valence-corrected chi connectivity index (χ4v) is 2.28. The fraction of sp³-hybridized carbons (Fsp3) is 0.0769. The van der Waals surface area contributed by atoms with E-state index in [4.69, 9.17) is 5.73 Å². The number of halogens is 3. The second-order valence-corrected chi connectivity index (χ2v) is 4.74. The summed E-state index contributed by atoms with van der Waals surface area (Å²) >= 11 is 1.17. The molecule has 2 aromatic rings. The third-order valence-electron chi connectivity index (χ3n) is 2.35. The minimum absolute atomic E-state index is 0.0803. The van der Waals surface area contributed by atoms with Crippen molar-refractivity contribution in [2.24, 2.45) is 0 Å². The molecule has 0 amide bonds. The first-order chi connectivity index (χ1) is 8.56. The summed E-state index contributed by atoms with van der Waals surface area (Å²) in [7, 11) is 0. The molecule has 0 aliphatic carbocycles. The van der Waals surface area contributed by atoms with Crippen LogP contribution in [-0.2, 0) is 5.75 Å². The highest BCUT2D eigenvalue weighted by molar-refractivity contribution is 7.98. The van der Waals surface area contributed by atoms with Crippen molar-refractivity contribution in [2.45, 2.75) is 10.6 Å². The van der Waals surface area contributed by atoms with Crippen molar-refractivity contribution in [3.63, 3.8) is 0 Å². The average Bonchev–Trinajstić information content (AvgIpc) is 2.32. The minimum Gasteiger partial charge on any atom is -0.396 e. The lowest BCUT2D eigenvalue weighted by Gasteiger charge is -2.05. The van der Waals surface area contributed by atoms with E-state index in [1.54, 1.807) is 6.07 Å². The molecule has 0 radical (unpaired) electrons. The van der Waals surface area contributed by atoms with Gasteiger partial charge in [0.05, 0.1) is 5.69 Å². The highest BCUT2D eigenvalue weighted by Crippen LogP contribution is 2.26. The minimum atomic E-state index is -0.615. The molecule has 0 saturated carbocycles. The predicted molar refractivity (Wildman–Crippen MR) is 66.7 cm³/mol. The van der Waals surface area contributed by atoms with Crippen LogP contribution in [0.4, 0.5) is 18.9 Å². The molecule has 0 aliphatic rings. The van der Waals surface area contributed by atoms with Gasteiger partial charge in [-0.25, -0.2) is 13.2 Å². The summed E-state index contributed by atoms with van der Waals surface area (Å²) in [5.74, 6) is -1.33. The van der Waals surface area contributed by atoms with Crippen LogP contribution in [0, 0.1) is 17.5 Å². The smallest absolute Gasteiger partial charge is 0.146 e. The van der Waals surface area contributed by atoms with Crippen molar-refractivity contribution in [3.8, 4) is 0 Å². The van der Waals surface area contributed by atoms with Gasteiger partial charge in [-0.3, -0.25) is 0 Å². The SMILES string of the molecule is Nc1ccc(CSc2ccc(F)cc2F)cc1F. The zero-order valence-electron chi connectivity index (χ0n) is 9.29. The maximum Gasteiger partial charge on any atom is 0.146 e. The van der Waals surface area contributed by atoms with Gasteiger partial charge in [-0.15, -0.1) is 11.8 Å². The van der Waals surface area contributed by atoms with E-state index in [-0.39, 0.29) is 5.69 Å². The van der Waals surface area contributed by atoms with Crippen molar-refractivity contribution in [1.82, 2.24) is 0 Å². The highest BCUT2D eigenvalue weighted by atomic mass is 32.2. The molecular weight excluding hydrogens is 259 g/mol. The molecule has 0 aliphatic heterocycles. The Morgan fingerprint density at radius 2 is 1.72 bits per heavy atom. The van der Waals surface area contributed by atoms with Crippen LogP contribution in [0.25, 0.3) is 0 Å². The number of anilines is 1. The predicted octanol–water partition coefficient (Wildman–Crippen LogP) is 3.98. The summed E-state index contributed by atoms with van der Waals surface area (Å²) in [4.78, 5) is 0.327. The van der Waals surface area contributed by atoms with E-state index in [2.05, 4.69) is 0 Å². The summed E-state index contributed by atoms with van der Waals surface area (Å²) in [5, 5.41) is 0. The van der Waals surface area contributed by atoms with Gasteiger partial charge >= 0.3 is 0 Å². The Kier molecular flexibility index (Phi) is 3.81.